The third-order valence-corrected chi connectivity index (χ3v) is 3.72. The summed E-state index contributed by atoms with van der Waals surface area (Å²) in [5.41, 5.74) is 11.3. The monoisotopic (exact) mass is 325 g/mol. The predicted molar refractivity (Wildman–Crippen MR) is 81.8 cm³/mol. The van der Waals surface area contributed by atoms with Crippen LogP contribution in [0.4, 0.5) is 9.80 Å². The molecule has 8 heteroatoms. The van der Waals surface area contributed by atoms with Crippen molar-refractivity contribution in [3.8, 4) is 5.06 Å². The number of halogens is 1. The zero-order valence-corrected chi connectivity index (χ0v) is 12.3. The molecule has 3 amide bonds. The molecule has 1 aromatic carbocycles. The van der Waals surface area contributed by atoms with Gasteiger partial charge in [-0.25, -0.2) is 4.79 Å². The van der Waals surface area contributed by atoms with E-state index in [1.54, 1.807) is 12.1 Å². The van der Waals surface area contributed by atoms with E-state index < -0.39 is 11.9 Å². The summed E-state index contributed by atoms with van der Waals surface area (Å²) in [6.07, 6.45) is 0. The van der Waals surface area contributed by atoms with E-state index in [1.165, 1.54) is 6.07 Å². The minimum absolute atomic E-state index is 0.157. The molecule has 2 rings (SSSR count). The summed E-state index contributed by atoms with van der Waals surface area (Å²) in [5, 5.41) is 3.69. The van der Waals surface area contributed by atoms with Gasteiger partial charge in [0.1, 0.15) is 11.6 Å². The second-order valence-electron chi connectivity index (χ2n) is 4.08. The Bertz CT molecular complexity index is 670. The van der Waals surface area contributed by atoms with Gasteiger partial charge in [-0.05, 0) is 17.7 Å². The fourth-order valence-electron chi connectivity index (χ4n) is 1.56. The molecular weight excluding hydrogens is 314 g/mol. The van der Waals surface area contributed by atoms with Crippen molar-refractivity contribution in [3.63, 3.8) is 0 Å². The largest absolute Gasteiger partial charge is 0.479 e. The lowest BCUT2D eigenvalue weighted by molar-refractivity contribution is 0.100. The Balaban J connectivity index is 2.11. The fourth-order valence-corrected chi connectivity index (χ4v) is 2.61. The molecule has 0 bridgehead atoms. The van der Waals surface area contributed by atoms with Gasteiger partial charge in [-0.3, -0.25) is 10.1 Å². The summed E-state index contributed by atoms with van der Waals surface area (Å²) in [7, 11) is 0. The molecule has 5 N–H and O–H groups in total. The molecular formula is C13H12ClN3O3S. The van der Waals surface area contributed by atoms with Crippen LogP contribution in [0.2, 0.25) is 5.02 Å². The molecule has 0 aliphatic rings. The van der Waals surface area contributed by atoms with Crippen molar-refractivity contribution in [1.82, 2.24) is 0 Å². The van der Waals surface area contributed by atoms with Crippen LogP contribution >= 0.6 is 22.9 Å². The zero-order valence-electron chi connectivity index (χ0n) is 10.8. The van der Waals surface area contributed by atoms with Crippen molar-refractivity contribution in [2.45, 2.75) is 6.61 Å². The maximum atomic E-state index is 11.3. The maximum absolute atomic E-state index is 11.3. The highest BCUT2D eigenvalue weighted by molar-refractivity contribution is 7.18. The van der Waals surface area contributed by atoms with Gasteiger partial charge in [0.2, 0.25) is 0 Å². The molecule has 1 aromatic heterocycles. The first-order chi connectivity index (χ1) is 9.95. The average Bonchev–Trinajstić information content (AvgIpc) is 2.80. The number of carbonyl (C=O) groups is 2. The Hall–Kier alpha value is -2.25. The van der Waals surface area contributed by atoms with Gasteiger partial charge >= 0.3 is 6.03 Å². The van der Waals surface area contributed by atoms with Gasteiger partial charge in [0.15, 0.2) is 5.06 Å². The van der Waals surface area contributed by atoms with E-state index in [0.29, 0.717) is 16.7 Å². The highest BCUT2D eigenvalue weighted by atomic mass is 35.5. The normalized spacial score (nSPS) is 10.1. The molecule has 0 radical (unpaired) electrons. The molecule has 0 aliphatic carbocycles. The van der Waals surface area contributed by atoms with Crippen molar-refractivity contribution in [3.05, 3.63) is 46.5 Å². The van der Waals surface area contributed by atoms with Gasteiger partial charge < -0.3 is 16.2 Å². The zero-order chi connectivity index (χ0) is 15.4. The summed E-state index contributed by atoms with van der Waals surface area (Å²) in [5.74, 6) is -0.670. The first kappa shape index (κ1) is 15.1. The lowest BCUT2D eigenvalue weighted by atomic mass is 10.2. The Morgan fingerprint density at radius 2 is 1.90 bits per heavy atom. The molecule has 0 atom stereocenters. The lowest BCUT2D eigenvalue weighted by Gasteiger charge is -2.03. The van der Waals surface area contributed by atoms with Crippen molar-refractivity contribution in [2.24, 2.45) is 11.5 Å². The SMILES string of the molecule is NC(=O)Nc1sc(OCc2ccc(Cl)cc2)cc1C(N)=O. The molecule has 6 nitrogen and oxygen atoms in total. The van der Waals surface area contributed by atoms with Crippen LogP contribution in [0, 0.1) is 0 Å². The Labute approximate surface area is 129 Å². The van der Waals surface area contributed by atoms with Crippen LogP contribution in [0.5, 0.6) is 5.06 Å². The minimum Gasteiger partial charge on any atom is -0.479 e. The molecule has 0 aliphatic heterocycles. The van der Waals surface area contributed by atoms with E-state index in [-0.39, 0.29) is 10.6 Å². The number of nitrogens with two attached hydrogens (primary N) is 2. The number of urea groups is 1. The van der Waals surface area contributed by atoms with Crippen molar-refractivity contribution in [1.29, 1.82) is 0 Å². The van der Waals surface area contributed by atoms with Crippen LogP contribution in [-0.4, -0.2) is 11.9 Å². The molecule has 110 valence electrons. The number of nitrogens with one attached hydrogen (secondary N) is 1. The van der Waals surface area contributed by atoms with Crippen LogP contribution in [0.25, 0.3) is 0 Å². The van der Waals surface area contributed by atoms with E-state index in [0.717, 1.165) is 16.9 Å². The number of hydrogen-bond acceptors (Lipinski definition) is 4. The van der Waals surface area contributed by atoms with E-state index in [1.807, 2.05) is 12.1 Å². The highest BCUT2D eigenvalue weighted by Crippen LogP contribution is 2.34. The van der Waals surface area contributed by atoms with Gasteiger partial charge in [-0.2, -0.15) is 0 Å². The van der Waals surface area contributed by atoms with E-state index in [2.05, 4.69) is 5.32 Å². The second kappa shape index (κ2) is 6.47. The van der Waals surface area contributed by atoms with Crippen LogP contribution in [0.1, 0.15) is 15.9 Å². The minimum atomic E-state index is -0.774. The molecule has 2 aromatic rings. The third kappa shape index (κ3) is 4.11. The Kier molecular flexibility index (Phi) is 4.66. The van der Waals surface area contributed by atoms with Gasteiger partial charge in [-0.1, -0.05) is 35.1 Å². The number of rotatable bonds is 5. The quantitative estimate of drug-likeness (QED) is 0.786. The van der Waals surface area contributed by atoms with E-state index in [4.69, 9.17) is 27.8 Å². The van der Waals surface area contributed by atoms with Gasteiger partial charge in [0, 0.05) is 11.1 Å². The summed E-state index contributed by atoms with van der Waals surface area (Å²) in [4.78, 5) is 22.2. The number of carbonyl (C=O) groups excluding carboxylic acids is 2. The number of benzene rings is 1. The first-order valence-electron chi connectivity index (χ1n) is 5.83. The number of primary amides is 2. The summed E-state index contributed by atoms with van der Waals surface area (Å²) < 4.78 is 5.56. The van der Waals surface area contributed by atoms with Crippen LogP contribution in [0.3, 0.4) is 0 Å². The molecule has 0 saturated heterocycles. The number of anilines is 1. The summed E-state index contributed by atoms with van der Waals surface area (Å²) in [6.45, 7) is 0.298. The van der Waals surface area contributed by atoms with Crippen LogP contribution in [0.15, 0.2) is 30.3 Å². The number of hydrogen-bond donors (Lipinski definition) is 3. The molecule has 0 saturated carbocycles. The first-order valence-corrected chi connectivity index (χ1v) is 7.02. The number of ether oxygens (including phenoxy) is 1. The Morgan fingerprint density at radius 1 is 1.24 bits per heavy atom. The van der Waals surface area contributed by atoms with E-state index >= 15 is 0 Å². The fraction of sp³-hybridized carbons (Fsp3) is 0.0769. The van der Waals surface area contributed by atoms with Gasteiger partial charge in [0.05, 0.1) is 5.56 Å². The van der Waals surface area contributed by atoms with Crippen molar-refractivity contribution < 1.29 is 14.3 Å². The summed E-state index contributed by atoms with van der Waals surface area (Å²) in [6, 6.07) is 7.85. The third-order valence-electron chi connectivity index (χ3n) is 2.51. The summed E-state index contributed by atoms with van der Waals surface area (Å²) >= 11 is 6.87. The van der Waals surface area contributed by atoms with Crippen molar-refractivity contribution >= 4 is 39.9 Å². The van der Waals surface area contributed by atoms with Crippen LogP contribution < -0.4 is 21.5 Å². The smallest absolute Gasteiger partial charge is 0.317 e. The molecule has 0 fully saturated rings. The van der Waals surface area contributed by atoms with Gasteiger partial charge in [0.25, 0.3) is 5.91 Å². The number of amides is 3. The molecule has 0 unspecified atom stereocenters. The number of thiophene rings is 1. The maximum Gasteiger partial charge on any atom is 0.317 e. The standard InChI is InChI=1S/C13H12ClN3O3S/c14-8-3-1-7(2-4-8)6-20-10-5-9(11(15)18)12(21-10)17-13(16)19/h1-5H,6H2,(H2,15,18)(H3,16,17,19). The molecule has 0 spiro atoms. The molecule has 1 heterocycles. The second-order valence-corrected chi connectivity index (χ2v) is 5.53. The Morgan fingerprint density at radius 3 is 2.48 bits per heavy atom. The average molecular weight is 326 g/mol. The van der Waals surface area contributed by atoms with Gasteiger partial charge in [-0.15, -0.1) is 0 Å². The lowest BCUT2D eigenvalue weighted by Crippen LogP contribution is -2.21. The highest BCUT2D eigenvalue weighted by Gasteiger charge is 2.15. The molecule has 21 heavy (non-hydrogen) atoms. The van der Waals surface area contributed by atoms with E-state index in [9.17, 15) is 9.59 Å². The topological polar surface area (TPSA) is 107 Å². The van der Waals surface area contributed by atoms with Crippen LogP contribution in [-0.2, 0) is 6.61 Å². The predicted octanol–water partition coefficient (Wildman–Crippen LogP) is 2.57. The van der Waals surface area contributed by atoms with Crippen molar-refractivity contribution in [2.75, 3.05) is 5.32 Å².